The fraction of sp³-hybridized carbons (Fsp3) is 0.600. The largest absolute Gasteiger partial charge is 0.494 e. The fourth-order valence-corrected chi connectivity index (χ4v) is 1.45. The molecule has 1 rings (SSSR count). The van der Waals surface area contributed by atoms with Gasteiger partial charge in [0.05, 0.1) is 33.9 Å². The molecule has 0 heterocycles. The molecule has 4 nitrogen and oxygen atoms in total. The van der Waals surface area contributed by atoms with Crippen molar-refractivity contribution in [3.8, 4) is 11.5 Å². The number of hydrogen-bond acceptors (Lipinski definition) is 3. The van der Waals surface area contributed by atoms with Crippen molar-refractivity contribution in [1.82, 2.24) is 0 Å². The van der Waals surface area contributed by atoms with Crippen LogP contribution in [0.15, 0.2) is 24.3 Å². The third kappa shape index (κ3) is 7.70. The van der Waals surface area contributed by atoms with Crippen LogP contribution < -0.4 is 14.4 Å². The van der Waals surface area contributed by atoms with Crippen LogP contribution >= 0.6 is 0 Å². The van der Waals surface area contributed by atoms with Crippen molar-refractivity contribution >= 4 is 0 Å². The zero-order valence-electron chi connectivity index (χ0n) is 12.3. The molecule has 0 aliphatic carbocycles. The first-order valence-corrected chi connectivity index (χ1v) is 6.94. The van der Waals surface area contributed by atoms with Crippen molar-refractivity contribution in [3.05, 3.63) is 24.3 Å². The smallest absolute Gasteiger partial charge is 0.119 e. The molecule has 4 heteroatoms. The highest BCUT2D eigenvalue weighted by molar-refractivity contribution is 5.31. The van der Waals surface area contributed by atoms with Crippen LogP contribution in [-0.2, 0) is 4.74 Å². The lowest BCUT2D eigenvalue weighted by Crippen LogP contribution is -3.06. The quantitative estimate of drug-likeness (QED) is 0.643. The van der Waals surface area contributed by atoms with Gasteiger partial charge in [0.25, 0.3) is 0 Å². The minimum absolute atomic E-state index is 0.581. The van der Waals surface area contributed by atoms with Crippen LogP contribution in [-0.4, -0.2) is 47.1 Å². The summed E-state index contributed by atoms with van der Waals surface area (Å²) in [5, 5.41) is 0. The van der Waals surface area contributed by atoms with E-state index in [-0.39, 0.29) is 0 Å². The van der Waals surface area contributed by atoms with Crippen LogP contribution in [0.2, 0.25) is 0 Å². The molecule has 108 valence electrons. The molecule has 0 radical (unpaired) electrons. The van der Waals surface area contributed by atoms with E-state index in [1.165, 1.54) is 4.90 Å². The monoisotopic (exact) mass is 268 g/mol. The zero-order chi connectivity index (χ0) is 13.9. The van der Waals surface area contributed by atoms with E-state index >= 15 is 0 Å². The van der Waals surface area contributed by atoms with Crippen LogP contribution in [0.4, 0.5) is 0 Å². The second kappa shape index (κ2) is 9.64. The van der Waals surface area contributed by atoms with Crippen molar-refractivity contribution < 1.29 is 19.1 Å². The Balaban J connectivity index is 2.12. The second-order valence-corrected chi connectivity index (χ2v) is 4.74. The van der Waals surface area contributed by atoms with Crippen molar-refractivity contribution in [3.63, 3.8) is 0 Å². The number of quaternary nitrogens is 1. The van der Waals surface area contributed by atoms with Gasteiger partial charge < -0.3 is 19.1 Å². The maximum absolute atomic E-state index is 5.59. The Morgan fingerprint density at radius 1 is 0.842 bits per heavy atom. The third-order valence-electron chi connectivity index (χ3n) is 2.54. The van der Waals surface area contributed by atoms with Gasteiger partial charge in [-0.05, 0) is 30.7 Å². The molecule has 0 bridgehead atoms. The highest BCUT2D eigenvalue weighted by atomic mass is 16.5. The Hall–Kier alpha value is -1.26. The predicted octanol–water partition coefficient (Wildman–Crippen LogP) is 1.02. The summed E-state index contributed by atoms with van der Waals surface area (Å²) in [6.45, 7) is 5.84. The molecule has 0 saturated carbocycles. The van der Waals surface area contributed by atoms with Crippen LogP contribution in [0, 0.1) is 0 Å². The summed E-state index contributed by atoms with van der Waals surface area (Å²) in [6.07, 6.45) is 1.02. The summed E-state index contributed by atoms with van der Waals surface area (Å²) in [5.41, 5.74) is 0. The number of likely N-dealkylation sites (N-methyl/N-ethyl adjacent to an activating group) is 1. The Bertz CT molecular complexity index is 325. The van der Waals surface area contributed by atoms with E-state index in [0.717, 1.165) is 37.7 Å². The summed E-state index contributed by atoms with van der Waals surface area (Å²) in [7, 11) is 4.23. The Labute approximate surface area is 116 Å². The van der Waals surface area contributed by atoms with E-state index in [9.17, 15) is 0 Å². The molecule has 0 saturated heterocycles. The Morgan fingerprint density at radius 3 is 1.95 bits per heavy atom. The van der Waals surface area contributed by atoms with Gasteiger partial charge in [-0.1, -0.05) is 6.92 Å². The third-order valence-corrected chi connectivity index (χ3v) is 2.54. The molecule has 0 aliphatic rings. The predicted molar refractivity (Wildman–Crippen MR) is 76.2 cm³/mol. The van der Waals surface area contributed by atoms with Gasteiger partial charge in [0, 0.05) is 0 Å². The maximum Gasteiger partial charge on any atom is 0.119 e. The molecule has 1 N–H and O–H groups in total. The molecule has 1 aromatic rings. The average molecular weight is 268 g/mol. The van der Waals surface area contributed by atoms with E-state index < -0.39 is 0 Å². The fourth-order valence-electron chi connectivity index (χ4n) is 1.45. The number of rotatable bonds is 10. The average Bonchev–Trinajstić information content (AvgIpc) is 2.41. The Kier molecular flexibility index (Phi) is 8.02. The first-order valence-electron chi connectivity index (χ1n) is 6.94. The van der Waals surface area contributed by atoms with Gasteiger partial charge in [-0.15, -0.1) is 0 Å². The minimum atomic E-state index is 0.581. The summed E-state index contributed by atoms with van der Waals surface area (Å²) in [4.78, 5) is 1.39. The second-order valence-electron chi connectivity index (χ2n) is 4.74. The van der Waals surface area contributed by atoms with E-state index in [0.29, 0.717) is 13.2 Å². The molecule has 0 spiro atoms. The molecular weight excluding hydrogens is 242 g/mol. The van der Waals surface area contributed by atoms with Gasteiger partial charge in [-0.25, -0.2) is 0 Å². The molecule has 19 heavy (non-hydrogen) atoms. The van der Waals surface area contributed by atoms with E-state index in [1.807, 2.05) is 24.3 Å². The van der Waals surface area contributed by atoms with Gasteiger partial charge in [0.1, 0.15) is 24.7 Å². The molecular formula is C15H26NO3+. The first-order chi connectivity index (χ1) is 9.22. The molecule has 0 atom stereocenters. The molecule has 0 aliphatic heterocycles. The topological polar surface area (TPSA) is 32.1 Å². The molecule has 0 fully saturated rings. The highest BCUT2D eigenvalue weighted by Crippen LogP contribution is 2.17. The van der Waals surface area contributed by atoms with Gasteiger partial charge in [0.15, 0.2) is 0 Å². The van der Waals surface area contributed by atoms with Crippen molar-refractivity contribution in [1.29, 1.82) is 0 Å². The minimum Gasteiger partial charge on any atom is -0.494 e. The molecule has 1 aromatic carbocycles. The number of hydrogen-bond donors (Lipinski definition) is 1. The Morgan fingerprint density at radius 2 is 1.42 bits per heavy atom. The van der Waals surface area contributed by atoms with Crippen LogP contribution in [0.3, 0.4) is 0 Å². The maximum atomic E-state index is 5.59. The van der Waals surface area contributed by atoms with Crippen molar-refractivity contribution in [2.75, 3.05) is 47.1 Å². The van der Waals surface area contributed by atoms with E-state index in [4.69, 9.17) is 14.2 Å². The highest BCUT2D eigenvalue weighted by Gasteiger charge is 1.97. The summed E-state index contributed by atoms with van der Waals surface area (Å²) >= 11 is 0. The van der Waals surface area contributed by atoms with Gasteiger partial charge in [-0.3, -0.25) is 0 Å². The van der Waals surface area contributed by atoms with Crippen LogP contribution in [0.5, 0.6) is 11.5 Å². The van der Waals surface area contributed by atoms with Gasteiger partial charge in [0.2, 0.25) is 0 Å². The zero-order valence-corrected chi connectivity index (χ0v) is 12.3. The van der Waals surface area contributed by atoms with Gasteiger partial charge in [-0.2, -0.15) is 0 Å². The lowest BCUT2D eigenvalue weighted by atomic mass is 10.3. The number of nitrogens with one attached hydrogen (secondary N) is 1. The summed E-state index contributed by atoms with van der Waals surface area (Å²) in [6, 6.07) is 7.71. The van der Waals surface area contributed by atoms with Crippen LogP contribution in [0.1, 0.15) is 13.3 Å². The summed E-state index contributed by atoms with van der Waals surface area (Å²) < 4.78 is 16.6. The number of ether oxygens (including phenoxy) is 3. The van der Waals surface area contributed by atoms with Crippen molar-refractivity contribution in [2.24, 2.45) is 0 Å². The van der Waals surface area contributed by atoms with E-state index in [2.05, 4.69) is 21.0 Å². The van der Waals surface area contributed by atoms with Crippen LogP contribution in [0.25, 0.3) is 0 Å². The molecule has 0 amide bonds. The molecule has 0 aromatic heterocycles. The summed E-state index contributed by atoms with van der Waals surface area (Å²) in [5.74, 6) is 1.74. The standard InChI is InChI=1S/C15H25NO3/c1-4-10-18-14-5-7-15(8-6-14)19-13-12-17-11-9-16(2)3/h5-8H,4,9-13H2,1-3H3/p+1. The first kappa shape index (κ1) is 15.8. The van der Waals surface area contributed by atoms with Crippen molar-refractivity contribution in [2.45, 2.75) is 13.3 Å². The molecule has 0 unspecified atom stereocenters. The SMILES string of the molecule is CCCOc1ccc(OCCOCC[NH+](C)C)cc1. The normalized spacial score (nSPS) is 10.7. The number of benzene rings is 1. The lowest BCUT2D eigenvalue weighted by Gasteiger charge is -2.09. The van der Waals surface area contributed by atoms with Gasteiger partial charge >= 0.3 is 0 Å². The lowest BCUT2D eigenvalue weighted by molar-refractivity contribution is -0.858. The van der Waals surface area contributed by atoms with E-state index in [1.54, 1.807) is 0 Å².